The number of nitrogens with two attached hydrogens (primary N) is 1. The molecular formula is C14H18N4O2. The summed E-state index contributed by atoms with van der Waals surface area (Å²) in [7, 11) is 0. The Morgan fingerprint density at radius 2 is 2.20 bits per heavy atom. The molecule has 0 saturated carbocycles. The third-order valence-electron chi connectivity index (χ3n) is 3.20. The van der Waals surface area contributed by atoms with Crippen molar-refractivity contribution in [3.8, 4) is 6.07 Å². The zero-order valence-corrected chi connectivity index (χ0v) is 11.3. The molecule has 1 amide bonds. The summed E-state index contributed by atoms with van der Waals surface area (Å²) in [6.45, 7) is 3.11. The van der Waals surface area contributed by atoms with E-state index in [2.05, 4.69) is 5.32 Å². The maximum absolute atomic E-state index is 11.9. The molecule has 1 heterocycles. The first-order chi connectivity index (χ1) is 9.70. The minimum absolute atomic E-state index is 0.127. The molecule has 6 nitrogen and oxygen atoms in total. The van der Waals surface area contributed by atoms with Crippen molar-refractivity contribution in [3.05, 3.63) is 23.8 Å². The lowest BCUT2D eigenvalue weighted by atomic mass is 10.2. The number of benzene rings is 1. The molecule has 20 heavy (non-hydrogen) atoms. The fourth-order valence-electron chi connectivity index (χ4n) is 2.06. The molecule has 2 rings (SSSR count). The number of morpholine rings is 1. The number of nitrogen functional groups attached to an aromatic ring is 1. The van der Waals surface area contributed by atoms with E-state index in [9.17, 15) is 4.79 Å². The Labute approximate surface area is 118 Å². The molecule has 106 valence electrons. The Balaban J connectivity index is 1.79. The molecule has 0 unspecified atom stereocenters. The summed E-state index contributed by atoms with van der Waals surface area (Å²) in [5.74, 6) is 0.127. The number of amides is 1. The van der Waals surface area contributed by atoms with Gasteiger partial charge in [0.15, 0.2) is 0 Å². The van der Waals surface area contributed by atoms with Crippen LogP contribution in [0.1, 0.15) is 12.0 Å². The zero-order chi connectivity index (χ0) is 14.4. The van der Waals surface area contributed by atoms with Gasteiger partial charge in [-0.3, -0.25) is 4.79 Å². The van der Waals surface area contributed by atoms with E-state index >= 15 is 0 Å². The number of carbonyl (C=O) groups is 1. The summed E-state index contributed by atoms with van der Waals surface area (Å²) in [5.41, 5.74) is 7.44. The van der Waals surface area contributed by atoms with E-state index in [0.29, 0.717) is 50.5 Å². The number of rotatable bonds is 4. The highest BCUT2D eigenvalue weighted by Gasteiger charge is 2.15. The lowest BCUT2D eigenvalue weighted by Gasteiger charge is -2.26. The minimum Gasteiger partial charge on any atom is -0.398 e. The highest BCUT2D eigenvalue weighted by atomic mass is 16.5. The van der Waals surface area contributed by atoms with Crippen LogP contribution in [0, 0.1) is 11.3 Å². The van der Waals surface area contributed by atoms with Gasteiger partial charge in [0, 0.05) is 31.7 Å². The second-order valence-corrected chi connectivity index (χ2v) is 4.58. The van der Waals surface area contributed by atoms with Crippen LogP contribution in [-0.2, 0) is 9.53 Å². The monoisotopic (exact) mass is 274 g/mol. The van der Waals surface area contributed by atoms with Crippen LogP contribution in [0.4, 0.5) is 11.4 Å². The van der Waals surface area contributed by atoms with Gasteiger partial charge in [0.1, 0.15) is 6.07 Å². The van der Waals surface area contributed by atoms with Gasteiger partial charge < -0.3 is 20.7 Å². The molecule has 6 heteroatoms. The number of nitrogens with zero attached hydrogens (tertiary/aromatic N) is 2. The van der Waals surface area contributed by atoms with Gasteiger partial charge in [-0.25, -0.2) is 0 Å². The van der Waals surface area contributed by atoms with Crippen molar-refractivity contribution >= 4 is 17.3 Å². The molecule has 0 spiro atoms. The first kappa shape index (κ1) is 14.2. The number of carbonyl (C=O) groups excluding carboxylic acids is 1. The number of ether oxygens (including phenoxy) is 1. The Kier molecular flexibility index (Phi) is 4.80. The smallest absolute Gasteiger partial charge is 0.224 e. The molecule has 0 bridgehead atoms. The van der Waals surface area contributed by atoms with Crippen molar-refractivity contribution in [1.82, 2.24) is 4.90 Å². The quantitative estimate of drug-likeness (QED) is 0.792. The van der Waals surface area contributed by atoms with E-state index in [4.69, 9.17) is 15.7 Å². The summed E-state index contributed by atoms with van der Waals surface area (Å²) in [5, 5.41) is 11.9. The topological polar surface area (TPSA) is 91.4 Å². The van der Waals surface area contributed by atoms with Crippen LogP contribution in [0.25, 0.3) is 0 Å². The molecule has 0 aliphatic carbocycles. The van der Waals surface area contributed by atoms with Gasteiger partial charge >= 0.3 is 0 Å². The Morgan fingerprint density at radius 1 is 1.45 bits per heavy atom. The second kappa shape index (κ2) is 6.78. The van der Waals surface area contributed by atoms with Crippen LogP contribution < -0.4 is 11.1 Å². The largest absolute Gasteiger partial charge is 0.398 e. The SMILES string of the molecule is N#Cc1ccc(NCCC(=O)N2CCOCC2)cc1N. The van der Waals surface area contributed by atoms with Gasteiger partial charge in [0.25, 0.3) is 0 Å². The fourth-order valence-corrected chi connectivity index (χ4v) is 2.06. The van der Waals surface area contributed by atoms with E-state index in [-0.39, 0.29) is 5.91 Å². The molecular weight excluding hydrogens is 256 g/mol. The number of hydrogen-bond acceptors (Lipinski definition) is 5. The first-order valence-electron chi connectivity index (χ1n) is 6.59. The van der Waals surface area contributed by atoms with Crippen molar-refractivity contribution in [3.63, 3.8) is 0 Å². The highest BCUT2D eigenvalue weighted by Crippen LogP contribution is 2.17. The van der Waals surface area contributed by atoms with Crippen LogP contribution >= 0.6 is 0 Å². The van der Waals surface area contributed by atoms with Crippen LogP contribution in [0.2, 0.25) is 0 Å². The van der Waals surface area contributed by atoms with Crippen molar-refractivity contribution in [1.29, 1.82) is 5.26 Å². The van der Waals surface area contributed by atoms with Gasteiger partial charge in [-0.15, -0.1) is 0 Å². The summed E-state index contributed by atoms with van der Waals surface area (Å²) in [4.78, 5) is 13.7. The van der Waals surface area contributed by atoms with Crippen molar-refractivity contribution in [2.75, 3.05) is 43.9 Å². The lowest BCUT2D eigenvalue weighted by Crippen LogP contribution is -2.41. The average Bonchev–Trinajstić information content (AvgIpc) is 2.48. The molecule has 1 aromatic rings. The Morgan fingerprint density at radius 3 is 2.85 bits per heavy atom. The van der Waals surface area contributed by atoms with Gasteiger partial charge in [-0.1, -0.05) is 0 Å². The molecule has 0 atom stereocenters. The first-order valence-corrected chi connectivity index (χ1v) is 6.59. The lowest BCUT2D eigenvalue weighted by molar-refractivity contribution is -0.134. The number of anilines is 2. The maximum Gasteiger partial charge on any atom is 0.224 e. The normalized spacial score (nSPS) is 14.7. The second-order valence-electron chi connectivity index (χ2n) is 4.58. The summed E-state index contributed by atoms with van der Waals surface area (Å²) in [6, 6.07) is 7.17. The van der Waals surface area contributed by atoms with Crippen LogP contribution in [-0.4, -0.2) is 43.7 Å². The number of nitriles is 1. The highest BCUT2D eigenvalue weighted by molar-refractivity contribution is 5.77. The van der Waals surface area contributed by atoms with Gasteiger partial charge in [-0.05, 0) is 18.2 Å². The van der Waals surface area contributed by atoms with E-state index in [1.807, 2.05) is 11.0 Å². The third kappa shape index (κ3) is 3.62. The third-order valence-corrected chi connectivity index (χ3v) is 3.20. The van der Waals surface area contributed by atoms with E-state index in [0.717, 1.165) is 5.69 Å². The molecule has 1 fully saturated rings. The summed E-state index contributed by atoms with van der Waals surface area (Å²) < 4.78 is 5.21. The molecule has 1 saturated heterocycles. The molecule has 0 radical (unpaired) electrons. The summed E-state index contributed by atoms with van der Waals surface area (Å²) >= 11 is 0. The standard InChI is InChI=1S/C14H18N4O2/c15-10-11-1-2-12(9-13(11)16)17-4-3-14(19)18-5-7-20-8-6-18/h1-2,9,17H,3-8,16H2. The fraction of sp³-hybridized carbons (Fsp3) is 0.429. The Hall–Kier alpha value is -2.26. The number of hydrogen-bond donors (Lipinski definition) is 2. The van der Waals surface area contributed by atoms with Gasteiger partial charge in [-0.2, -0.15) is 5.26 Å². The van der Waals surface area contributed by atoms with Crippen molar-refractivity contribution in [2.24, 2.45) is 0 Å². The number of nitrogens with one attached hydrogen (secondary N) is 1. The van der Waals surface area contributed by atoms with E-state index in [1.54, 1.807) is 18.2 Å². The summed E-state index contributed by atoms with van der Waals surface area (Å²) in [6.07, 6.45) is 0.430. The van der Waals surface area contributed by atoms with Crippen LogP contribution in [0.15, 0.2) is 18.2 Å². The van der Waals surface area contributed by atoms with Crippen molar-refractivity contribution in [2.45, 2.75) is 6.42 Å². The molecule has 1 aliphatic rings. The predicted octanol–water partition coefficient (Wildman–Crippen LogP) is 0.801. The Bertz CT molecular complexity index is 518. The van der Waals surface area contributed by atoms with Crippen LogP contribution in [0.3, 0.4) is 0 Å². The van der Waals surface area contributed by atoms with E-state index < -0.39 is 0 Å². The minimum atomic E-state index is 0.127. The van der Waals surface area contributed by atoms with Crippen molar-refractivity contribution < 1.29 is 9.53 Å². The molecule has 1 aromatic carbocycles. The van der Waals surface area contributed by atoms with Gasteiger partial charge in [0.2, 0.25) is 5.91 Å². The molecule has 0 aromatic heterocycles. The van der Waals surface area contributed by atoms with E-state index in [1.165, 1.54) is 0 Å². The van der Waals surface area contributed by atoms with Crippen LogP contribution in [0.5, 0.6) is 0 Å². The average molecular weight is 274 g/mol. The maximum atomic E-state index is 11.9. The predicted molar refractivity (Wildman–Crippen MR) is 76.1 cm³/mol. The molecule has 3 N–H and O–H groups in total. The molecule has 1 aliphatic heterocycles. The zero-order valence-electron chi connectivity index (χ0n) is 11.3. The van der Waals surface area contributed by atoms with Gasteiger partial charge in [0.05, 0.1) is 24.5 Å².